The van der Waals surface area contributed by atoms with E-state index < -0.39 is 6.04 Å². The Kier molecular flexibility index (Phi) is 4.27. The van der Waals surface area contributed by atoms with Gasteiger partial charge in [0.25, 0.3) is 0 Å². The summed E-state index contributed by atoms with van der Waals surface area (Å²) in [5, 5.41) is 0. The molecule has 2 fully saturated rings. The Hall–Kier alpha value is -1.39. The Morgan fingerprint density at radius 2 is 2.00 bits per heavy atom. The van der Waals surface area contributed by atoms with Gasteiger partial charge in [0.15, 0.2) is 0 Å². The molecule has 0 bridgehead atoms. The van der Waals surface area contributed by atoms with Crippen LogP contribution >= 0.6 is 0 Å². The number of carbonyl (C=O) groups is 1. The largest absolute Gasteiger partial charge is 0.335 e. The molecule has 3 rings (SSSR count). The van der Waals surface area contributed by atoms with E-state index in [1.165, 1.54) is 25.8 Å². The Morgan fingerprint density at radius 1 is 1.24 bits per heavy atom. The number of fused-ring (bicyclic) bond motifs is 1. The highest BCUT2D eigenvalue weighted by Crippen LogP contribution is 2.26. The van der Waals surface area contributed by atoms with Gasteiger partial charge in [-0.05, 0) is 31.9 Å². The van der Waals surface area contributed by atoms with Crippen molar-refractivity contribution >= 4 is 5.91 Å². The van der Waals surface area contributed by atoms with Crippen LogP contribution in [-0.4, -0.2) is 47.4 Å². The molecule has 0 spiro atoms. The van der Waals surface area contributed by atoms with E-state index in [9.17, 15) is 4.79 Å². The van der Waals surface area contributed by atoms with Crippen LogP contribution < -0.4 is 5.73 Å². The second kappa shape index (κ2) is 6.16. The van der Waals surface area contributed by atoms with Gasteiger partial charge in [0.2, 0.25) is 5.91 Å². The van der Waals surface area contributed by atoms with Crippen molar-refractivity contribution in [3.63, 3.8) is 0 Å². The van der Waals surface area contributed by atoms with Crippen LogP contribution in [0.4, 0.5) is 0 Å². The first kappa shape index (κ1) is 14.5. The minimum atomic E-state index is -0.538. The number of hydrogen-bond donors (Lipinski definition) is 1. The zero-order valence-electron chi connectivity index (χ0n) is 12.7. The number of carbonyl (C=O) groups excluding carboxylic acids is 1. The second-order valence-corrected chi connectivity index (χ2v) is 6.37. The molecule has 2 N–H and O–H groups in total. The van der Waals surface area contributed by atoms with Crippen LogP contribution in [-0.2, 0) is 4.79 Å². The molecule has 1 aromatic carbocycles. The molecule has 114 valence electrons. The molecule has 4 nitrogen and oxygen atoms in total. The lowest BCUT2D eigenvalue weighted by Crippen LogP contribution is -2.61. The van der Waals surface area contributed by atoms with Crippen LogP contribution in [0.1, 0.15) is 37.8 Å². The zero-order valence-corrected chi connectivity index (χ0v) is 12.7. The third kappa shape index (κ3) is 2.97. The van der Waals surface area contributed by atoms with Crippen molar-refractivity contribution in [2.24, 2.45) is 5.73 Å². The van der Waals surface area contributed by atoms with Gasteiger partial charge in [0.05, 0.1) is 0 Å². The van der Waals surface area contributed by atoms with Gasteiger partial charge in [0, 0.05) is 25.2 Å². The number of benzene rings is 1. The second-order valence-electron chi connectivity index (χ2n) is 6.37. The summed E-state index contributed by atoms with van der Waals surface area (Å²) in [7, 11) is 0. The molecule has 1 amide bonds. The lowest BCUT2D eigenvalue weighted by molar-refractivity contribution is -0.139. The summed E-state index contributed by atoms with van der Waals surface area (Å²) in [5.41, 5.74) is 7.10. The van der Waals surface area contributed by atoms with E-state index in [2.05, 4.69) is 11.8 Å². The van der Waals surface area contributed by atoms with Crippen molar-refractivity contribution in [2.75, 3.05) is 19.6 Å². The highest BCUT2D eigenvalue weighted by atomic mass is 16.2. The lowest BCUT2D eigenvalue weighted by atomic mass is 9.96. The molecule has 0 radical (unpaired) electrons. The molecule has 2 aliphatic heterocycles. The van der Waals surface area contributed by atoms with Gasteiger partial charge in [-0.1, -0.05) is 36.8 Å². The number of nitrogens with zero attached hydrogens (tertiary/aromatic N) is 2. The van der Waals surface area contributed by atoms with E-state index in [0.717, 1.165) is 18.7 Å². The first-order valence-electron chi connectivity index (χ1n) is 8.02. The Balaban J connectivity index is 1.72. The predicted octanol–water partition coefficient (Wildman–Crippen LogP) is 1.77. The molecule has 1 aromatic rings. The van der Waals surface area contributed by atoms with Gasteiger partial charge in [-0.25, -0.2) is 0 Å². The number of rotatable bonds is 2. The van der Waals surface area contributed by atoms with Gasteiger partial charge in [0.1, 0.15) is 6.04 Å². The minimum Gasteiger partial charge on any atom is -0.335 e. The van der Waals surface area contributed by atoms with E-state index in [0.29, 0.717) is 6.04 Å². The zero-order chi connectivity index (χ0) is 14.8. The SMILES string of the molecule is CC1CN2CCCCC2CN1C(=O)C(N)c1ccccc1. The van der Waals surface area contributed by atoms with Crippen LogP contribution in [0.25, 0.3) is 0 Å². The summed E-state index contributed by atoms with van der Waals surface area (Å²) < 4.78 is 0. The van der Waals surface area contributed by atoms with Gasteiger partial charge >= 0.3 is 0 Å². The third-order valence-electron chi connectivity index (χ3n) is 4.90. The highest BCUT2D eigenvalue weighted by Gasteiger charge is 2.36. The Bertz CT molecular complexity index is 490. The fourth-order valence-corrected chi connectivity index (χ4v) is 3.64. The number of piperidine rings is 1. The van der Waals surface area contributed by atoms with E-state index in [4.69, 9.17) is 5.73 Å². The first-order chi connectivity index (χ1) is 10.2. The molecular formula is C17H25N3O. The van der Waals surface area contributed by atoms with Gasteiger partial charge < -0.3 is 10.6 Å². The topological polar surface area (TPSA) is 49.6 Å². The third-order valence-corrected chi connectivity index (χ3v) is 4.90. The van der Waals surface area contributed by atoms with Gasteiger partial charge in [-0.15, -0.1) is 0 Å². The van der Waals surface area contributed by atoms with Crippen molar-refractivity contribution in [2.45, 2.75) is 44.3 Å². The quantitative estimate of drug-likeness (QED) is 0.902. The fourth-order valence-electron chi connectivity index (χ4n) is 3.64. The van der Waals surface area contributed by atoms with Crippen LogP contribution in [0.5, 0.6) is 0 Å². The number of hydrogen-bond acceptors (Lipinski definition) is 3. The maximum absolute atomic E-state index is 12.8. The summed E-state index contributed by atoms with van der Waals surface area (Å²) in [6.07, 6.45) is 3.78. The van der Waals surface area contributed by atoms with Crippen molar-refractivity contribution < 1.29 is 4.79 Å². The number of piperazine rings is 1. The normalized spacial score (nSPS) is 28.0. The molecule has 2 aliphatic rings. The van der Waals surface area contributed by atoms with Crippen LogP contribution in [0.15, 0.2) is 30.3 Å². The van der Waals surface area contributed by atoms with Crippen LogP contribution in [0.2, 0.25) is 0 Å². The summed E-state index contributed by atoms with van der Waals surface area (Å²) in [6.45, 7) is 5.14. The Labute approximate surface area is 126 Å². The summed E-state index contributed by atoms with van der Waals surface area (Å²) in [4.78, 5) is 17.3. The maximum Gasteiger partial charge on any atom is 0.244 e. The molecule has 0 aromatic heterocycles. The van der Waals surface area contributed by atoms with Crippen molar-refractivity contribution in [1.82, 2.24) is 9.80 Å². The lowest BCUT2D eigenvalue weighted by Gasteiger charge is -2.48. The molecule has 2 saturated heterocycles. The number of amides is 1. The minimum absolute atomic E-state index is 0.0684. The smallest absolute Gasteiger partial charge is 0.244 e. The summed E-state index contributed by atoms with van der Waals surface area (Å²) in [5.74, 6) is 0.0684. The maximum atomic E-state index is 12.8. The number of nitrogens with two attached hydrogens (primary N) is 1. The van der Waals surface area contributed by atoms with Gasteiger partial charge in [-0.3, -0.25) is 9.69 Å². The standard InChI is InChI=1S/C17H25N3O/c1-13-11-19-10-6-5-9-15(19)12-20(13)17(21)16(18)14-7-3-2-4-8-14/h2-4,7-8,13,15-16H,5-6,9-12,18H2,1H3. The van der Waals surface area contributed by atoms with Crippen LogP contribution in [0.3, 0.4) is 0 Å². The Morgan fingerprint density at radius 3 is 2.76 bits per heavy atom. The predicted molar refractivity (Wildman–Crippen MR) is 83.8 cm³/mol. The van der Waals surface area contributed by atoms with Gasteiger partial charge in [-0.2, -0.15) is 0 Å². The highest BCUT2D eigenvalue weighted by molar-refractivity contribution is 5.83. The molecule has 0 aliphatic carbocycles. The average molecular weight is 287 g/mol. The molecule has 3 unspecified atom stereocenters. The van der Waals surface area contributed by atoms with Crippen molar-refractivity contribution in [1.29, 1.82) is 0 Å². The monoisotopic (exact) mass is 287 g/mol. The molecule has 4 heteroatoms. The van der Waals surface area contributed by atoms with E-state index >= 15 is 0 Å². The van der Waals surface area contributed by atoms with Crippen LogP contribution in [0, 0.1) is 0 Å². The molecule has 21 heavy (non-hydrogen) atoms. The molecule has 3 atom stereocenters. The van der Waals surface area contributed by atoms with E-state index in [-0.39, 0.29) is 11.9 Å². The summed E-state index contributed by atoms with van der Waals surface area (Å²) in [6, 6.07) is 9.93. The summed E-state index contributed by atoms with van der Waals surface area (Å²) >= 11 is 0. The van der Waals surface area contributed by atoms with E-state index in [1.807, 2.05) is 35.2 Å². The molecule has 2 heterocycles. The van der Waals surface area contributed by atoms with Crippen molar-refractivity contribution in [3.8, 4) is 0 Å². The first-order valence-corrected chi connectivity index (χ1v) is 8.02. The molecule has 0 saturated carbocycles. The average Bonchev–Trinajstić information content (AvgIpc) is 2.53. The molecular weight excluding hydrogens is 262 g/mol. The fraction of sp³-hybridized carbons (Fsp3) is 0.588. The van der Waals surface area contributed by atoms with E-state index in [1.54, 1.807) is 0 Å². The van der Waals surface area contributed by atoms with Crippen molar-refractivity contribution in [3.05, 3.63) is 35.9 Å².